The van der Waals surface area contributed by atoms with Crippen LogP contribution in [0.4, 0.5) is 4.79 Å². The monoisotopic (exact) mass is 147 g/mol. The molecule has 8 heavy (non-hydrogen) atoms. The third kappa shape index (κ3) is 6.56. The van der Waals surface area contributed by atoms with Gasteiger partial charge in [-0.15, -0.1) is 0 Å². The number of carbonyl (C=O) groups excluding carboxylic acids is 1. The average molecular weight is 148 g/mol. The smallest absolute Gasteiger partial charge is 1.00 e. The summed E-state index contributed by atoms with van der Waals surface area (Å²) in [6, 6.07) is 0. The van der Waals surface area contributed by atoms with E-state index < -0.39 is 6.09 Å². The zero-order valence-electron chi connectivity index (χ0n) is 5.90. The molecule has 0 spiro atoms. The Morgan fingerprint density at radius 3 is 2.62 bits per heavy atom. The van der Waals surface area contributed by atoms with E-state index in [2.05, 4.69) is 4.74 Å². The number of rotatable bonds is 1. The van der Waals surface area contributed by atoms with Crippen LogP contribution in [0, 0.1) is 0 Å². The molecule has 0 bridgehead atoms. The Morgan fingerprint density at radius 2 is 2.50 bits per heavy atom. The SMILES string of the molecule is CCOC(=O)NCl.[H-].[Na+]. The maximum atomic E-state index is 9.95. The Hall–Kier alpha value is 0.560. The van der Waals surface area contributed by atoms with Gasteiger partial charge in [0.15, 0.2) is 0 Å². The van der Waals surface area contributed by atoms with Gasteiger partial charge in [0.05, 0.1) is 6.61 Å². The van der Waals surface area contributed by atoms with E-state index in [0.29, 0.717) is 6.61 Å². The third-order valence-corrected chi connectivity index (χ3v) is 0.507. The van der Waals surface area contributed by atoms with Crippen molar-refractivity contribution in [3.63, 3.8) is 0 Å². The fraction of sp³-hybridized carbons (Fsp3) is 0.667. The number of ether oxygens (including phenoxy) is 1. The van der Waals surface area contributed by atoms with Crippen LogP contribution >= 0.6 is 11.8 Å². The third-order valence-electron chi connectivity index (χ3n) is 0.353. The standard InChI is InChI=1S/C3H6ClNO2.Na.H/c1-2-7-3(6)5-4;;/h2H2,1H3,(H,5,6);;/q;+1;-1. The summed E-state index contributed by atoms with van der Waals surface area (Å²) >= 11 is 4.81. The van der Waals surface area contributed by atoms with Crippen LogP contribution in [-0.2, 0) is 4.74 Å². The van der Waals surface area contributed by atoms with Crippen LogP contribution in [0.1, 0.15) is 8.35 Å². The molecule has 0 aromatic heterocycles. The van der Waals surface area contributed by atoms with E-state index in [4.69, 9.17) is 11.8 Å². The molecule has 0 heterocycles. The Morgan fingerprint density at radius 1 is 2.00 bits per heavy atom. The minimum Gasteiger partial charge on any atom is -1.00 e. The number of amides is 1. The molecule has 0 aliphatic carbocycles. The van der Waals surface area contributed by atoms with Crippen LogP contribution < -0.4 is 34.4 Å². The van der Waals surface area contributed by atoms with Gasteiger partial charge >= 0.3 is 35.7 Å². The fourth-order valence-corrected chi connectivity index (χ4v) is 0.213. The number of hydrogen-bond donors (Lipinski definition) is 1. The van der Waals surface area contributed by atoms with Crippen molar-refractivity contribution in [2.45, 2.75) is 6.92 Å². The van der Waals surface area contributed by atoms with Gasteiger partial charge in [0, 0.05) is 11.8 Å². The summed E-state index contributed by atoms with van der Waals surface area (Å²) in [5, 5.41) is 0. The van der Waals surface area contributed by atoms with Crippen LogP contribution in [0.5, 0.6) is 0 Å². The molecular weight excluding hydrogens is 140 g/mol. The van der Waals surface area contributed by atoms with E-state index in [1.807, 2.05) is 0 Å². The Bertz CT molecular complexity index is 74.8. The second kappa shape index (κ2) is 7.56. The van der Waals surface area contributed by atoms with Gasteiger partial charge in [0.25, 0.3) is 0 Å². The number of hydrogen-bond acceptors (Lipinski definition) is 2. The van der Waals surface area contributed by atoms with Crippen molar-refractivity contribution in [2.75, 3.05) is 6.61 Å². The predicted molar refractivity (Wildman–Crippen MR) is 27.1 cm³/mol. The minimum absolute atomic E-state index is 0. The number of nitrogens with one attached hydrogen (secondary N) is 1. The summed E-state index contributed by atoms with van der Waals surface area (Å²) in [4.78, 5) is 11.7. The van der Waals surface area contributed by atoms with Gasteiger partial charge < -0.3 is 6.16 Å². The van der Waals surface area contributed by atoms with Crippen molar-refractivity contribution in [2.24, 2.45) is 0 Å². The molecule has 0 aromatic rings. The quantitative estimate of drug-likeness (QED) is 0.344. The molecule has 0 atom stereocenters. The van der Waals surface area contributed by atoms with Crippen molar-refractivity contribution in [1.29, 1.82) is 0 Å². The van der Waals surface area contributed by atoms with Gasteiger partial charge in [0.2, 0.25) is 0 Å². The minimum atomic E-state index is -0.607. The Labute approximate surface area is 76.6 Å². The summed E-state index contributed by atoms with van der Waals surface area (Å²) < 4.78 is 4.31. The van der Waals surface area contributed by atoms with Crippen molar-refractivity contribution >= 4 is 17.9 Å². The van der Waals surface area contributed by atoms with Gasteiger partial charge in [-0.1, -0.05) is 0 Å². The number of halogens is 1. The maximum Gasteiger partial charge on any atom is 1.00 e. The summed E-state index contributed by atoms with van der Waals surface area (Å²) in [6.45, 7) is 2.05. The van der Waals surface area contributed by atoms with Gasteiger partial charge in [-0.3, -0.25) is 0 Å². The molecule has 0 fully saturated rings. The molecule has 1 N–H and O–H groups in total. The molecule has 0 aromatic carbocycles. The molecule has 0 rings (SSSR count). The first kappa shape index (κ1) is 11.4. The largest absolute Gasteiger partial charge is 1.00 e. The Balaban J connectivity index is -0.000000180. The molecule has 0 saturated carbocycles. The van der Waals surface area contributed by atoms with Crippen molar-refractivity contribution in [3.05, 3.63) is 0 Å². The first-order chi connectivity index (χ1) is 3.31. The molecule has 3 nitrogen and oxygen atoms in total. The van der Waals surface area contributed by atoms with E-state index in [-0.39, 0.29) is 31.0 Å². The van der Waals surface area contributed by atoms with Crippen molar-refractivity contribution in [1.82, 2.24) is 4.84 Å². The summed E-state index contributed by atoms with van der Waals surface area (Å²) in [7, 11) is 0. The molecule has 0 unspecified atom stereocenters. The van der Waals surface area contributed by atoms with Gasteiger partial charge in [0.1, 0.15) is 0 Å². The van der Waals surface area contributed by atoms with E-state index >= 15 is 0 Å². The van der Waals surface area contributed by atoms with Gasteiger partial charge in [-0.25, -0.2) is 9.63 Å². The molecule has 0 radical (unpaired) electrons. The molecule has 0 aliphatic heterocycles. The summed E-state index contributed by atoms with van der Waals surface area (Å²) in [5.74, 6) is 0. The average Bonchev–Trinajstić information content (AvgIpc) is 1.68. The van der Waals surface area contributed by atoms with Crippen LogP contribution in [-0.4, -0.2) is 12.7 Å². The fourth-order valence-electron chi connectivity index (χ4n) is 0.158. The zero-order valence-corrected chi connectivity index (χ0v) is 7.66. The topological polar surface area (TPSA) is 38.3 Å². The second-order valence-electron chi connectivity index (χ2n) is 0.815. The second-order valence-corrected chi connectivity index (χ2v) is 1.00. The van der Waals surface area contributed by atoms with E-state index in [1.54, 1.807) is 11.8 Å². The van der Waals surface area contributed by atoms with Crippen molar-refractivity contribution in [3.8, 4) is 0 Å². The van der Waals surface area contributed by atoms with E-state index in [0.717, 1.165) is 0 Å². The molecule has 1 amide bonds. The van der Waals surface area contributed by atoms with Gasteiger partial charge in [-0.05, 0) is 6.92 Å². The van der Waals surface area contributed by atoms with Crippen LogP contribution in [0.3, 0.4) is 0 Å². The van der Waals surface area contributed by atoms with E-state index in [1.165, 1.54) is 0 Å². The zero-order chi connectivity index (χ0) is 5.70. The first-order valence-electron chi connectivity index (χ1n) is 1.84. The first-order valence-corrected chi connectivity index (χ1v) is 2.22. The molecule has 0 aliphatic rings. The van der Waals surface area contributed by atoms with Crippen LogP contribution in [0.2, 0.25) is 0 Å². The molecule has 44 valence electrons. The summed E-state index contributed by atoms with van der Waals surface area (Å²) in [6.07, 6.45) is -0.607. The molecule has 0 saturated heterocycles. The predicted octanol–water partition coefficient (Wildman–Crippen LogP) is -2.00. The van der Waals surface area contributed by atoms with E-state index in [9.17, 15) is 4.79 Å². The normalized spacial score (nSPS) is 6.75. The number of carbonyl (C=O) groups is 1. The summed E-state index contributed by atoms with van der Waals surface area (Å²) in [5.41, 5.74) is 0. The van der Waals surface area contributed by atoms with Crippen LogP contribution in [0.25, 0.3) is 0 Å². The molecule has 5 heteroatoms. The van der Waals surface area contributed by atoms with Crippen molar-refractivity contribution < 1.29 is 40.5 Å². The van der Waals surface area contributed by atoms with Gasteiger partial charge in [-0.2, -0.15) is 0 Å². The maximum absolute atomic E-state index is 9.95. The molecular formula is C3H7ClNNaO2. The van der Waals surface area contributed by atoms with Crippen LogP contribution in [0.15, 0.2) is 0 Å². The Kier molecular flexibility index (Phi) is 10.7.